The first-order valence-corrected chi connectivity index (χ1v) is 13.5. The second kappa shape index (κ2) is 14.9. The number of aromatic nitrogens is 3. The molecule has 40 heavy (non-hydrogen) atoms. The Morgan fingerprint density at radius 1 is 1.10 bits per heavy atom. The van der Waals surface area contributed by atoms with Gasteiger partial charge >= 0.3 is 17.6 Å². The van der Waals surface area contributed by atoms with Gasteiger partial charge in [0.25, 0.3) is 5.91 Å². The van der Waals surface area contributed by atoms with Crippen molar-refractivity contribution >= 4 is 17.7 Å². The third-order valence-electron chi connectivity index (χ3n) is 6.65. The number of aliphatic hydroxyl groups is 2. The van der Waals surface area contributed by atoms with Gasteiger partial charge < -0.3 is 25.0 Å². The fraction of sp³-hybridized carbons (Fsp3) is 0.593. The number of hydrogen-bond donors (Lipinski definition) is 3. The molecule has 0 unspecified atom stereocenters. The minimum atomic E-state index is -3.87. The molecule has 2 aromatic heterocycles. The lowest BCUT2D eigenvalue weighted by Gasteiger charge is -2.21. The van der Waals surface area contributed by atoms with E-state index in [0.717, 1.165) is 37.7 Å². The predicted molar refractivity (Wildman–Crippen MR) is 140 cm³/mol. The first-order chi connectivity index (χ1) is 19.2. The van der Waals surface area contributed by atoms with Crippen molar-refractivity contribution in [3.05, 3.63) is 52.3 Å². The van der Waals surface area contributed by atoms with Crippen LogP contribution in [0.25, 0.3) is 0 Å². The quantitative estimate of drug-likeness (QED) is 0.217. The molecular weight excluding hydrogens is 530 g/mol. The van der Waals surface area contributed by atoms with Crippen LogP contribution in [0.15, 0.2) is 35.5 Å². The number of alkyl halides is 2. The number of unbranched alkanes of at least 4 members (excludes halogenated alkanes) is 8. The molecule has 1 aliphatic heterocycles. The van der Waals surface area contributed by atoms with Gasteiger partial charge in [0.1, 0.15) is 11.9 Å². The largest absolute Gasteiger partial charge is 0.462 e. The first kappa shape index (κ1) is 31.2. The predicted octanol–water partition coefficient (Wildman–Crippen LogP) is 3.46. The van der Waals surface area contributed by atoms with E-state index in [9.17, 15) is 28.3 Å². The number of amides is 1. The van der Waals surface area contributed by atoms with E-state index in [1.807, 2.05) is 0 Å². The average Bonchev–Trinajstić information content (AvgIpc) is 3.17. The highest BCUT2D eigenvalue weighted by atomic mass is 19.3. The molecule has 3 atom stereocenters. The standard InChI is InChI=1S/C27H36F2N4O7/c1-2-3-4-5-6-7-8-9-10-15-39-24(37)18-11-13-30-16-19(18)23(36)31-21-12-14-33(26(38)32-21)25-27(28,29)22(35)20(17-34)40-25/h11-14,16,20,22,25,34-35H,2-10,15,17H2,1H3,(H,31,32,36,38)/t20-,22-,25-/m1/s1. The van der Waals surface area contributed by atoms with Gasteiger partial charge in [0.15, 0.2) is 6.10 Å². The summed E-state index contributed by atoms with van der Waals surface area (Å²) in [6.45, 7) is 1.51. The maximum absolute atomic E-state index is 14.4. The number of aliphatic hydroxyl groups excluding tert-OH is 2. The van der Waals surface area contributed by atoms with E-state index in [-0.39, 0.29) is 23.6 Å². The van der Waals surface area contributed by atoms with Crippen LogP contribution in [0.5, 0.6) is 0 Å². The van der Waals surface area contributed by atoms with Crippen LogP contribution in [-0.4, -0.2) is 68.0 Å². The Labute approximate surface area is 230 Å². The van der Waals surface area contributed by atoms with Crippen LogP contribution in [0.2, 0.25) is 0 Å². The summed E-state index contributed by atoms with van der Waals surface area (Å²) in [5.74, 6) is -5.66. The number of anilines is 1. The number of carbonyl (C=O) groups excluding carboxylic acids is 2. The van der Waals surface area contributed by atoms with Crippen LogP contribution in [-0.2, 0) is 9.47 Å². The zero-order valence-corrected chi connectivity index (χ0v) is 22.4. The Morgan fingerprint density at radius 2 is 1.77 bits per heavy atom. The number of nitrogens with one attached hydrogen (secondary N) is 1. The molecule has 1 saturated heterocycles. The molecule has 0 bridgehead atoms. The second-order valence-electron chi connectivity index (χ2n) is 9.67. The van der Waals surface area contributed by atoms with E-state index in [4.69, 9.17) is 14.6 Å². The van der Waals surface area contributed by atoms with Crippen LogP contribution in [0, 0.1) is 0 Å². The summed E-state index contributed by atoms with van der Waals surface area (Å²) in [4.78, 5) is 45.4. The van der Waals surface area contributed by atoms with E-state index in [1.54, 1.807) is 0 Å². The molecule has 3 heterocycles. The molecule has 1 aliphatic rings. The van der Waals surface area contributed by atoms with Gasteiger partial charge in [-0.3, -0.25) is 14.3 Å². The third kappa shape index (κ3) is 7.89. The van der Waals surface area contributed by atoms with Gasteiger partial charge in [0, 0.05) is 18.6 Å². The van der Waals surface area contributed by atoms with Crippen molar-refractivity contribution in [3.8, 4) is 0 Å². The summed E-state index contributed by atoms with van der Waals surface area (Å²) >= 11 is 0. The number of rotatable bonds is 15. The lowest BCUT2D eigenvalue weighted by atomic mass is 10.1. The lowest BCUT2D eigenvalue weighted by Crippen LogP contribution is -2.41. The summed E-state index contributed by atoms with van der Waals surface area (Å²) in [6, 6.07) is 2.41. The van der Waals surface area contributed by atoms with Crippen LogP contribution in [0.1, 0.15) is 91.7 Å². The Bertz CT molecular complexity index is 1190. The monoisotopic (exact) mass is 566 g/mol. The van der Waals surface area contributed by atoms with Crippen LogP contribution in [0.4, 0.5) is 14.6 Å². The maximum Gasteiger partial charge on any atom is 0.351 e. The van der Waals surface area contributed by atoms with Crippen molar-refractivity contribution in [1.29, 1.82) is 0 Å². The fourth-order valence-electron chi connectivity index (χ4n) is 4.37. The van der Waals surface area contributed by atoms with Crippen molar-refractivity contribution in [2.24, 2.45) is 0 Å². The minimum absolute atomic E-state index is 0.0280. The van der Waals surface area contributed by atoms with Gasteiger partial charge in [0.2, 0.25) is 6.23 Å². The van der Waals surface area contributed by atoms with Gasteiger partial charge in [0.05, 0.1) is 24.3 Å². The molecule has 0 saturated carbocycles. The number of ether oxygens (including phenoxy) is 2. The minimum Gasteiger partial charge on any atom is -0.462 e. The maximum atomic E-state index is 14.4. The molecule has 3 N–H and O–H groups in total. The molecule has 0 spiro atoms. The molecule has 0 aliphatic carbocycles. The number of carbonyl (C=O) groups is 2. The Hall–Kier alpha value is -3.29. The summed E-state index contributed by atoms with van der Waals surface area (Å²) < 4.78 is 39.5. The highest BCUT2D eigenvalue weighted by molar-refractivity contribution is 6.10. The van der Waals surface area contributed by atoms with Crippen molar-refractivity contribution in [2.45, 2.75) is 89.1 Å². The van der Waals surface area contributed by atoms with E-state index in [2.05, 4.69) is 22.2 Å². The van der Waals surface area contributed by atoms with E-state index in [1.165, 1.54) is 44.4 Å². The van der Waals surface area contributed by atoms with Crippen molar-refractivity contribution in [2.75, 3.05) is 18.5 Å². The third-order valence-corrected chi connectivity index (χ3v) is 6.65. The second-order valence-corrected chi connectivity index (χ2v) is 9.67. The van der Waals surface area contributed by atoms with Gasteiger partial charge in [-0.15, -0.1) is 0 Å². The van der Waals surface area contributed by atoms with E-state index >= 15 is 0 Å². The van der Waals surface area contributed by atoms with Gasteiger partial charge in [-0.05, 0) is 18.6 Å². The van der Waals surface area contributed by atoms with E-state index < -0.39 is 48.5 Å². The number of esters is 1. The van der Waals surface area contributed by atoms with Crippen LogP contribution >= 0.6 is 0 Å². The summed E-state index contributed by atoms with van der Waals surface area (Å²) in [5.41, 5.74) is -1.34. The summed E-state index contributed by atoms with van der Waals surface area (Å²) in [6.07, 6.45) is 7.33. The topological polar surface area (TPSA) is 153 Å². The molecule has 0 radical (unpaired) electrons. The highest BCUT2D eigenvalue weighted by Crippen LogP contribution is 2.42. The van der Waals surface area contributed by atoms with Gasteiger partial charge in [-0.2, -0.15) is 13.8 Å². The average molecular weight is 567 g/mol. The Morgan fingerprint density at radius 3 is 2.40 bits per heavy atom. The summed E-state index contributed by atoms with van der Waals surface area (Å²) in [5, 5.41) is 21.1. The normalized spacial score (nSPS) is 19.9. The zero-order valence-electron chi connectivity index (χ0n) is 22.4. The van der Waals surface area contributed by atoms with Crippen molar-refractivity contribution < 1.29 is 38.1 Å². The molecule has 220 valence electrons. The molecular formula is C27H36F2N4O7. The van der Waals surface area contributed by atoms with Crippen LogP contribution in [0.3, 0.4) is 0 Å². The van der Waals surface area contributed by atoms with Crippen LogP contribution < -0.4 is 11.0 Å². The molecule has 1 fully saturated rings. The molecule has 3 rings (SSSR count). The highest BCUT2D eigenvalue weighted by Gasteiger charge is 2.59. The smallest absolute Gasteiger partial charge is 0.351 e. The van der Waals surface area contributed by atoms with Gasteiger partial charge in [-0.25, -0.2) is 9.59 Å². The Kier molecular flexibility index (Phi) is 11.6. The first-order valence-electron chi connectivity index (χ1n) is 13.5. The van der Waals surface area contributed by atoms with Gasteiger partial charge in [-0.1, -0.05) is 58.3 Å². The zero-order chi connectivity index (χ0) is 29.1. The number of hydrogen-bond acceptors (Lipinski definition) is 9. The molecule has 11 nitrogen and oxygen atoms in total. The van der Waals surface area contributed by atoms with E-state index in [0.29, 0.717) is 11.0 Å². The van der Waals surface area contributed by atoms with Crippen molar-refractivity contribution in [3.63, 3.8) is 0 Å². The summed E-state index contributed by atoms with van der Waals surface area (Å²) in [7, 11) is 0. The lowest BCUT2D eigenvalue weighted by molar-refractivity contribution is -0.140. The SMILES string of the molecule is CCCCCCCCCCCOC(=O)c1ccncc1C(=O)Nc1ccn([C@@H]2O[C@H](CO)[C@@H](O)C2(F)F)c(=O)n1. The number of pyridine rings is 1. The molecule has 2 aromatic rings. The molecule has 0 aromatic carbocycles. The number of halogens is 2. The molecule has 13 heteroatoms. The Balaban J connectivity index is 1.55. The van der Waals surface area contributed by atoms with Crippen molar-refractivity contribution in [1.82, 2.24) is 14.5 Å². The molecule has 1 amide bonds. The number of nitrogens with zero attached hydrogens (tertiary/aromatic N) is 3. The fourth-order valence-corrected chi connectivity index (χ4v) is 4.37.